The van der Waals surface area contributed by atoms with Crippen molar-refractivity contribution >= 4 is 22.9 Å². The Kier molecular flexibility index (Phi) is 4.47. The van der Waals surface area contributed by atoms with Crippen LogP contribution in [0.1, 0.15) is 37.2 Å². The molecule has 1 saturated carbocycles. The van der Waals surface area contributed by atoms with Gasteiger partial charge in [-0.3, -0.25) is 9.59 Å². The molecule has 2 atom stereocenters. The van der Waals surface area contributed by atoms with Crippen LogP contribution in [0.25, 0.3) is 0 Å². The van der Waals surface area contributed by atoms with Gasteiger partial charge in [-0.1, -0.05) is 18.7 Å². The van der Waals surface area contributed by atoms with Crippen LogP contribution in [0.5, 0.6) is 0 Å². The molecule has 0 bridgehead atoms. The molecule has 1 saturated heterocycles. The lowest BCUT2D eigenvalue weighted by Gasteiger charge is -2.18. The third kappa shape index (κ3) is 3.48. The molecule has 0 radical (unpaired) electrons. The highest BCUT2D eigenvalue weighted by molar-refractivity contribution is 8.13. The van der Waals surface area contributed by atoms with Crippen LogP contribution in [0.4, 0.5) is 4.79 Å². The van der Waals surface area contributed by atoms with Gasteiger partial charge in [0.2, 0.25) is 5.91 Å². The Morgan fingerprint density at radius 3 is 2.91 bits per heavy atom. The zero-order chi connectivity index (χ0) is 15.7. The number of amides is 2. The molecule has 2 amide bonds. The second-order valence-corrected chi connectivity index (χ2v) is 7.27. The molecule has 1 aliphatic carbocycles. The maximum atomic E-state index is 12.2. The zero-order valence-corrected chi connectivity index (χ0v) is 13.9. The molecule has 0 spiro atoms. The molecule has 0 aromatic carbocycles. The Labute approximate surface area is 135 Å². The molecule has 2 heterocycles. The molecule has 1 aromatic heterocycles. The van der Waals surface area contributed by atoms with Gasteiger partial charge in [0.1, 0.15) is 11.5 Å². The van der Waals surface area contributed by atoms with Gasteiger partial charge in [0.15, 0.2) is 0 Å². The van der Waals surface area contributed by atoms with E-state index in [4.69, 9.17) is 4.42 Å². The van der Waals surface area contributed by atoms with Gasteiger partial charge in [-0.2, -0.15) is 0 Å². The summed E-state index contributed by atoms with van der Waals surface area (Å²) in [7, 11) is 1.78. The largest absolute Gasteiger partial charge is 0.464 e. The lowest BCUT2D eigenvalue weighted by molar-refractivity contribution is -0.130. The van der Waals surface area contributed by atoms with Crippen LogP contribution in [0.2, 0.25) is 0 Å². The Morgan fingerprint density at radius 1 is 1.50 bits per heavy atom. The Hall–Kier alpha value is -1.43. The summed E-state index contributed by atoms with van der Waals surface area (Å²) in [5, 5.41) is 0.0877. The van der Waals surface area contributed by atoms with E-state index >= 15 is 0 Å². The minimum atomic E-state index is 0.0439. The van der Waals surface area contributed by atoms with Gasteiger partial charge in [0.05, 0.1) is 6.54 Å². The van der Waals surface area contributed by atoms with Crippen LogP contribution in [-0.2, 0) is 11.3 Å². The van der Waals surface area contributed by atoms with E-state index in [-0.39, 0.29) is 11.1 Å². The first-order valence-corrected chi connectivity index (χ1v) is 8.77. The fraction of sp³-hybridized carbons (Fsp3) is 0.625. The van der Waals surface area contributed by atoms with Gasteiger partial charge in [0.25, 0.3) is 5.24 Å². The Balaban J connectivity index is 1.46. The monoisotopic (exact) mass is 322 g/mol. The molecular formula is C16H22N2O3S. The third-order valence-electron chi connectivity index (χ3n) is 4.42. The molecule has 2 aliphatic rings. The SMILES string of the molecule is C[C@H]1C[C@@H]1c1ccc(CN(C)C(=O)CCN2CCSC2=O)o1. The number of hydrogen-bond donors (Lipinski definition) is 0. The predicted octanol–water partition coefficient (Wildman–Crippen LogP) is 2.92. The highest BCUT2D eigenvalue weighted by atomic mass is 32.2. The van der Waals surface area contributed by atoms with E-state index in [0.717, 1.165) is 23.8 Å². The smallest absolute Gasteiger partial charge is 0.281 e. The summed E-state index contributed by atoms with van der Waals surface area (Å²) in [5.41, 5.74) is 0. The molecule has 0 N–H and O–H groups in total. The van der Waals surface area contributed by atoms with Crippen molar-refractivity contribution in [2.75, 3.05) is 25.9 Å². The fourth-order valence-electron chi connectivity index (χ4n) is 2.77. The Morgan fingerprint density at radius 2 is 2.27 bits per heavy atom. The van der Waals surface area contributed by atoms with Gasteiger partial charge in [-0.05, 0) is 24.5 Å². The number of furan rings is 1. The highest BCUT2D eigenvalue weighted by Gasteiger charge is 2.36. The number of hydrogen-bond acceptors (Lipinski definition) is 4. The molecular weight excluding hydrogens is 300 g/mol. The van der Waals surface area contributed by atoms with Crippen molar-refractivity contribution in [3.63, 3.8) is 0 Å². The fourth-order valence-corrected chi connectivity index (χ4v) is 3.62. The van der Waals surface area contributed by atoms with Crippen LogP contribution < -0.4 is 0 Å². The molecule has 5 nitrogen and oxygen atoms in total. The van der Waals surface area contributed by atoms with E-state index in [2.05, 4.69) is 6.92 Å². The van der Waals surface area contributed by atoms with Crippen molar-refractivity contribution in [2.24, 2.45) is 5.92 Å². The van der Waals surface area contributed by atoms with Crippen LogP contribution in [-0.4, -0.2) is 46.8 Å². The van der Waals surface area contributed by atoms with Crippen molar-refractivity contribution in [3.8, 4) is 0 Å². The van der Waals surface area contributed by atoms with Crippen LogP contribution >= 0.6 is 11.8 Å². The number of rotatable bonds is 6. The van der Waals surface area contributed by atoms with Gasteiger partial charge < -0.3 is 14.2 Å². The van der Waals surface area contributed by atoms with E-state index in [9.17, 15) is 9.59 Å². The standard InChI is InChI=1S/C16H22N2O3S/c1-11-9-13(11)14-4-3-12(21-14)10-17(2)15(19)5-6-18-7-8-22-16(18)20/h3-4,11,13H,5-10H2,1-2H3/t11-,13-/m0/s1. The summed E-state index contributed by atoms with van der Waals surface area (Å²) in [5.74, 6) is 4.03. The van der Waals surface area contributed by atoms with Gasteiger partial charge in [-0.25, -0.2) is 0 Å². The van der Waals surface area contributed by atoms with Crippen LogP contribution in [0, 0.1) is 5.92 Å². The molecule has 1 aromatic rings. The molecule has 120 valence electrons. The first kappa shape index (κ1) is 15.5. The van der Waals surface area contributed by atoms with Gasteiger partial charge in [0, 0.05) is 38.2 Å². The molecule has 3 rings (SSSR count). The Bertz CT molecular complexity index is 571. The number of thioether (sulfide) groups is 1. The second-order valence-electron chi connectivity index (χ2n) is 6.22. The van der Waals surface area contributed by atoms with E-state index in [0.29, 0.717) is 31.3 Å². The lowest BCUT2D eigenvalue weighted by Crippen LogP contribution is -2.32. The maximum Gasteiger partial charge on any atom is 0.281 e. The summed E-state index contributed by atoms with van der Waals surface area (Å²) < 4.78 is 5.83. The summed E-state index contributed by atoms with van der Waals surface area (Å²) in [6.07, 6.45) is 1.57. The average Bonchev–Trinajstić information content (AvgIpc) is 2.88. The van der Waals surface area contributed by atoms with E-state index in [1.807, 2.05) is 12.1 Å². The topological polar surface area (TPSA) is 53.8 Å². The normalized spacial score (nSPS) is 23.9. The number of carbonyl (C=O) groups is 2. The van der Waals surface area contributed by atoms with Gasteiger partial charge in [-0.15, -0.1) is 0 Å². The first-order chi connectivity index (χ1) is 10.5. The van der Waals surface area contributed by atoms with E-state index < -0.39 is 0 Å². The molecule has 6 heteroatoms. The molecule has 22 heavy (non-hydrogen) atoms. The molecule has 0 unspecified atom stereocenters. The van der Waals surface area contributed by atoms with Crippen LogP contribution in [0.3, 0.4) is 0 Å². The maximum absolute atomic E-state index is 12.2. The summed E-state index contributed by atoms with van der Waals surface area (Å²) in [6.45, 7) is 3.97. The minimum absolute atomic E-state index is 0.0439. The minimum Gasteiger partial charge on any atom is -0.464 e. The number of nitrogens with zero attached hydrogens (tertiary/aromatic N) is 2. The third-order valence-corrected chi connectivity index (χ3v) is 5.31. The summed E-state index contributed by atoms with van der Waals surface area (Å²) >= 11 is 1.33. The average molecular weight is 322 g/mol. The highest BCUT2D eigenvalue weighted by Crippen LogP contribution is 2.47. The number of carbonyl (C=O) groups excluding carboxylic acids is 2. The quantitative estimate of drug-likeness (QED) is 0.808. The predicted molar refractivity (Wildman–Crippen MR) is 85.7 cm³/mol. The zero-order valence-electron chi connectivity index (χ0n) is 13.1. The van der Waals surface area contributed by atoms with Crippen molar-refractivity contribution in [3.05, 3.63) is 23.7 Å². The summed E-state index contributed by atoms with van der Waals surface area (Å²) in [4.78, 5) is 27.1. The lowest BCUT2D eigenvalue weighted by atomic mass is 10.3. The summed E-state index contributed by atoms with van der Waals surface area (Å²) in [6, 6.07) is 3.99. The van der Waals surface area contributed by atoms with Gasteiger partial charge >= 0.3 is 0 Å². The van der Waals surface area contributed by atoms with E-state index in [1.165, 1.54) is 18.2 Å². The molecule has 2 fully saturated rings. The van der Waals surface area contributed by atoms with Crippen LogP contribution in [0.15, 0.2) is 16.5 Å². The van der Waals surface area contributed by atoms with E-state index in [1.54, 1.807) is 16.8 Å². The van der Waals surface area contributed by atoms with Crippen molar-refractivity contribution < 1.29 is 14.0 Å². The molecule has 1 aliphatic heterocycles. The first-order valence-electron chi connectivity index (χ1n) is 7.79. The van der Waals surface area contributed by atoms with Crippen molar-refractivity contribution in [1.82, 2.24) is 9.80 Å². The van der Waals surface area contributed by atoms with Crippen molar-refractivity contribution in [1.29, 1.82) is 0 Å². The second kappa shape index (κ2) is 6.36. The van der Waals surface area contributed by atoms with Crippen molar-refractivity contribution in [2.45, 2.75) is 32.2 Å².